The van der Waals surface area contributed by atoms with Crippen LogP contribution in [0.2, 0.25) is 0 Å². The summed E-state index contributed by atoms with van der Waals surface area (Å²) in [6.07, 6.45) is 0.941. The first kappa shape index (κ1) is 13.5. The van der Waals surface area contributed by atoms with Crippen molar-refractivity contribution in [3.05, 3.63) is 58.6 Å². The number of benzene rings is 2. The van der Waals surface area contributed by atoms with Crippen LogP contribution in [0, 0.1) is 0 Å². The van der Waals surface area contributed by atoms with Gasteiger partial charge in [-0.2, -0.15) is 0 Å². The maximum Gasteiger partial charge on any atom is 0.125 e. The Morgan fingerprint density at radius 2 is 1.95 bits per heavy atom. The average Bonchev–Trinajstić information content (AvgIpc) is 2.37. The summed E-state index contributed by atoms with van der Waals surface area (Å²) in [6, 6.07) is 16.8. The third-order valence-electron chi connectivity index (χ3n) is 3.54. The molecule has 0 bridgehead atoms. The summed E-state index contributed by atoms with van der Waals surface area (Å²) in [7, 11) is 0. The van der Waals surface area contributed by atoms with Crippen molar-refractivity contribution in [2.45, 2.75) is 31.9 Å². The molecule has 0 saturated heterocycles. The van der Waals surface area contributed by atoms with Crippen LogP contribution in [0.3, 0.4) is 0 Å². The molecule has 0 aliphatic carbocycles. The molecular weight excluding hydrogens is 314 g/mol. The van der Waals surface area contributed by atoms with Crippen molar-refractivity contribution in [3.8, 4) is 5.75 Å². The van der Waals surface area contributed by atoms with Crippen molar-refractivity contribution in [1.29, 1.82) is 0 Å². The Bertz CT molecular complexity index is 624. The number of hydrogen-bond acceptors (Lipinski definition) is 2. The van der Waals surface area contributed by atoms with Gasteiger partial charge in [0.1, 0.15) is 11.4 Å². The number of ether oxygens (including phenoxy) is 1. The van der Waals surface area contributed by atoms with Crippen LogP contribution in [0.5, 0.6) is 5.75 Å². The molecule has 1 unspecified atom stereocenters. The topological polar surface area (TPSA) is 21.3 Å². The molecule has 0 amide bonds. The van der Waals surface area contributed by atoms with E-state index < -0.39 is 0 Å². The first-order valence-electron chi connectivity index (χ1n) is 6.84. The van der Waals surface area contributed by atoms with E-state index >= 15 is 0 Å². The number of para-hydroxylation sites is 1. The summed E-state index contributed by atoms with van der Waals surface area (Å²) >= 11 is 3.52. The van der Waals surface area contributed by atoms with Crippen LogP contribution in [0.15, 0.2) is 53.0 Å². The first-order chi connectivity index (χ1) is 9.53. The summed E-state index contributed by atoms with van der Waals surface area (Å²) in [5.41, 5.74) is 2.20. The van der Waals surface area contributed by atoms with E-state index in [9.17, 15) is 0 Å². The first-order valence-corrected chi connectivity index (χ1v) is 7.63. The normalized spacial score (nSPS) is 19.9. The molecule has 0 aromatic heterocycles. The predicted octanol–water partition coefficient (Wildman–Crippen LogP) is 5.16. The van der Waals surface area contributed by atoms with Crippen molar-refractivity contribution in [2.75, 3.05) is 5.32 Å². The minimum absolute atomic E-state index is 0.155. The van der Waals surface area contributed by atoms with Gasteiger partial charge < -0.3 is 10.1 Å². The molecule has 0 spiro atoms. The Balaban J connectivity index is 1.93. The smallest absolute Gasteiger partial charge is 0.125 e. The Morgan fingerprint density at radius 3 is 2.75 bits per heavy atom. The summed E-state index contributed by atoms with van der Waals surface area (Å²) in [5, 5.41) is 3.62. The van der Waals surface area contributed by atoms with E-state index in [1.54, 1.807) is 0 Å². The monoisotopic (exact) mass is 331 g/mol. The van der Waals surface area contributed by atoms with Gasteiger partial charge in [0.25, 0.3) is 0 Å². The van der Waals surface area contributed by atoms with Crippen molar-refractivity contribution in [3.63, 3.8) is 0 Å². The Hall–Kier alpha value is -1.48. The van der Waals surface area contributed by atoms with Crippen molar-refractivity contribution < 1.29 is 4.74 Å². The number of nitrogens with one attached hydrogen (secondary N) is 1. The predicted molar refractivity (Wildman–Crippen MR) is 86.3 cm³/mol. The zero-order valence-corrected chi connectivity index (χ0v) is 13.3. The molecule has 2 nitrogen and oxygen atoms in total. The molecule has 1 N–H and O–H groups in total. The van der Waals surface area contributed by atoms with Crippen molar-refractivity contribution >= 4 is 21.6 Å². The number of rotatable bonds is 2. The molecule has 2 aromatic carbocycles. The van der Waals surface area contributed by atoms with Gasteiger partial charge in [-0.1, -0.05) is 40.2 Å². The fraction of sp³-hybridized carbons (Fsp3) is 0.294. The number of fused-ring (bicyclic) bond motifs is 1. The second-order valence-corrected chi connectivity index (χ2v) is 6.73. The minimum atomic E-state index is -0.155. The molecule has 1 atom stereocenters. The van der Waals surface area contributed by atoms with E-state index in [4.69, 9.17) is 4.74 Å². The second kappa shape index (κ2) is 5.13. The van der Waals surface area contributed by atoms with E-state index in [0.717, 1.165) is 22.3 Å². The highest BCUT2D eigenvalue weighted by Gasteiger charge is 2.33. The Labute approximate surface area is 128 Å². The summed E-state index contributed by atoms with van der Waals surface area (Å²) in [6.45, 7) is 4.27. The van der Waals surface area contributed by atoms with Gasteiger partial charge >= 0.3 is 0 Å². The SMILES string of the molecule is CC1(C)CC(Nc2cccc(Br)c2)c2ccccc2O1. The zero-order chi connectivity index (χ0) is 14.2. The Kier molecular flexibility index (Phi) is 3.47. The molecular formula is C17H18BrNO. The lowest BCUT2D eigenvalue weighted by atomic mass is 9.89. The van der Waals surface area contributed by atoms with E-state index in [-0.39, 0.29) is 11.6 Å². The van der Waals surface area contributed by atoms with E-state index in [0.29, 0.717) is 0 Å². The van der Waals surface area contributed by atoms with Crippen molar-refractivity contribution in [2.24, 2.45) is 0 Å². The van der Waals surface area contributed by atoms with Gasteiger partial charge in [-0.25, -0.2) is 0 Å². The molecule has 20 heavy (non-hydrogen) atoms. The molecule has 104 valence electrons. The van der Waals surface area contributed by atoms with Gasteiger partial charge in [0.05, 0.1) is 6.04 Å². The number of anilines is 1. The van der Waals surface area contributed by atoms with Crippen molar-refractivity contribution in [1.82, 2.24) is 0 Å². The lowest BCUT2D eigenvalue weighted by molar-refractivity contribution is 0.0759. The summed E-state index contributed by atoms with van der Waals surface area (Å²) < 4.78 is 7.15. The highest BCUT2D eigenvalue weighted by Crippen LogP contribution is 2.40. The van der Waals surface area contributed by atoms with Gasteiger partial charge in [-0.15, -0.1) is 0 Å². The van der Waals surface area contributed by atoms with Crippen LogP contribution in [0.1, 0.15) is 31.9 Å². The molecule has 1 aliphatic rings. The lowest BCUT2D eigenvalue weighted by Gasteiger charge is -2.38. The van der Waals surface area contributed by atoms with Gasteiger partial charge in [-0.3, -0.25) is 0 Å². The highest BCUT2D eigenvalue weighted by atomic mass is 79.9. The van der Waals surface area contributed by atoms with Crippen LogP contribution in [0.4, 0.5) is 5.69 Å². The average molecular weight is 332 g/mol. The summed E-state index contributed by atoms with van der Waals surface area (Å²) in [5.74, 6) is 0.983. The molecule has 1 heterocycles. The number of hydrogen-bond donors (Lipinski definition) is 1. The van der Waals surface area contributed by atoms with Crippen LogP contribution in [-0.2, 0) is 0 Å². The van der Waals surface area contributed by atoms with E-state index in [1.807, 2.05) is 24.3 Å². The quantitative estimate of drug-likeness (QED) is 0.820. The van der Waals surface area contributed by atoms with Gasteiger partial charge in [0.15, 0.2) is 0 Å². The van der Waals surface area contributed by atoms with Crippen LogP contribution >= 0.6 is 15.9 Å². The largest absolute Gasteiger partial charge is 0.487 e. The maximum atomic E-state index is 6.06. The van der Waals surface area contributed by atoms with Gasteiger partial charge in [0.2, 0.25) is 0 Å². The molecule has 3 rings (SSSR count). The molecule has 3 heteroatoms. The Morgan fingerprint density at radius 1 is 1.15 bits per heavy atom. The van der Waals surface area contributed by atoms with Crippen LogP contribution < -0.4 is 10.1 Å². The molecule has 2 aromatic rings. The second-order valence-electron chi connectivity index (χ2n) is 5.81. The molecule has 0 radical (unpaired) electrons. The summed E-state index contributed by atoms with van der Waals surface area (Å²) in [4.78, 5) is 0. The molecule has 0 fully saturated rings. The zero-order valence-electron chi connectivity index (χ0n) is 11.7. The number of halogens is 1. The minimum Gasteiger partial charge on any atom is -0.487 e. The molecule has 0 saturated carbocycles. The molecule has 1 aliphatic heterocycles. The lowest BCUT2D eigenvalue weighted by Crippen LogP contribution is -2.37. The van der Waals surface area contributed by atoms with E-state index in [2.05, 4.69) is 59.4 Å². The maximum absolute atomic E-state index is 6.06. The highest BCUT2D eigenvalue weighted by molar-refractivity contribution is 9.10. The van der Waals surface area contributed by atoms with Gasteiger partial charge in [-0.05, 0) is 38.1 Å². The fourth-order valence-corrected chi connectivity index (χ4v) is 3.11. The van der Waals surface area contributed by atoms with Crippen LogP contribution in [-0.4, -0.2) is 5.60 Å². The van der Waals surface area contributed by atoms with Gasteiger partial charge in [0, 0.05) is 22.1 Å². The van der Waals surface area contributed by atoms with E-state index in [1.165, 1.54) is 5.56 Å². The standard InChI is InChI=1S/C17H18BrNO/c1-17(2)11-15(14-8-3-4-9-16(14)20-17)19-13-7-5-6-12(18)10-13/h3-10,15,19H,11H2,1-2H3. The fourth-order valence-electron chi connectivity index (χ4n) is 2.71. The van der Waals surface area contributed by atoms with Crippen LogP contribution in [0.25, 0.3) is 0 Å². The third kappa shape index (κ3) is 2.83. The third-order valence-corrected chi connectivity index (χ3v) is 4.04.